The molecule has 2 heterocycles. The van der Waals surface area contributed by atoms with Crippen molar-refractivity contribution in [2.45, 2.75) is 13.8 Å². The third-order valence-corrected chi connectivity index (χ3v) is 3.18. The van der Waals surface area contributed by atoms with Crippen molar-refractivity contribution in [2.75, 3.05) is 12.4 Å². The number of aromatic nitrogens is 3. The fraction of sp³-hybridized carbons (Fsp3) is 0.167. The van der Waals surface area contributed by atoms with Crippen molar-refractivity contribution < 1.29 is 4.79 Å². The molecule has 0 aliphatic carbocycles. The molecule has 5 nitrogen and oxygen atoms in total. The lowest BCUT2D eigenvalue weighted by Crippen LogP contribution is -2.03. The Morgan fingerprint density at radius 1 is 1.13 bits per heavy atom. The van der Waals surface area contributed by atoms with Crippen LogP contribution in [0.4, 0.5) is 5.82 Å². The van der Waals surface area contributed by atoms with Gasteiger partial charge in [-0.05, 0) is 26.0 Å². The molecule has 0 saturated heterocycles. The number of benzene rings is 1. The van der Waals surface area contributed by atoms with Crippen molar-refractivity contribution in [3.8, 4) is 17.1 Å². The SMILES string of the molecule is CC=O.CNc1cc(-c2ccc(C)cc2)nn1-c1ccccn1. The average Bonchev–Trinajstić information content (AvgIpc) is 3.01. The molecule has 0 aliphatic heterocycles. The zero-order valence-electron chi connectivity index (χ0n) is 13.5. The number of carbonyl (C=O) groups is 1. The fourth-order valence-corrected chi connectivity index (χ4v) is 2.08. The predicted octanol–water partition coefficient (Wildman–Crippen LogP) is 3.49. The molecule has 0 spiro atoms. The van der Waals surface area contributed by atoms with E-state index in [1.807, 2.05) is 36.0 Å². The fourth-order valence-electron chi connectivity index (χ4n) is 2.08. The van der Waals surface area contributed by atoms with E-state index in [1.54, 1.807) is 6.20 Å². The Morgan fingerprint density at radius 3 is 2.39 bits per heavy atom. The van der Waals surface area contributed by atoms with Gasteiger partial charge >= 0.3 is 0 Å². The summed E-state index contributed by atoms with van der Waals surface area (Å²) >= 11 is 0. The molecule has 0 unspecified atom stereocenters. The molecule has 5 heteroatoms. The van der Waals surface area contributed by atoms with Gasteiger partial charge in [0.25, 0.3) is 0 Å². The number of nitrogens with zero attached hydrogens (tertiary/aromatic N) is 3. The number of anilines is 1. The maximum Gasteiger partial charge on any atom is 0.155 e. The minimum atomic E-state index is 0.750. The van der Waals surface area contributed by atoms with E-state index >= 15 is 0 Å². The summed E-state index contributed by atoms with van der Waals surface area (Å²) in [5.74, 6) is 1.72. The topological polar surface area (TPSA) is 59.8 Å². The molecule has 1 aromatic carbocycles. The van der Waals surface area contributed by atoms with E-state index in [1.165, 1.54) is 12.5 Å². The van der Waals surface area contributed by atoms with E-state index < -0.39 is 0 Å². The van der Waals surface area contributed by atoms with Crippen LogP contribution in [-0.2, 0) is 4.79 Å². The number of hydrogen-bond acceptors (Lipinski definition) is 4. The van der Waals surface area contributed by atoms with Gasteiger partial charge in [-0.1, -0.05) is 35.9 Å². The largest absolute Gasteiger partial charge is 0.373 e. The number of pyridine rings is 1. The Hall–Kier alpha value is -2.95. The van der Waals surface area contributed by atoms with Crippen molar-refractivity contribution >= 4 is 12.1 Å². The first-order valence-corrected chi connectivity index (χ1v) is 7.35. The molecule has 0 atom stereocenters. The summed E-state index contributed by atoms with van der Waals surface area (Å²) in [6, 6.07) is 16.2. The summed E-state index contributed by atoms with van der Waals surface area (Å²) in [4.78, 5) is 13.1. The molecule has 3 aromatic rings. The first-order chi connectivity index (χ1) is 11.2. The van der Waals surface area contributed by atoms with Crippen molar-refractivity contribution in [1.29, 1.82) is 0 Å². The molecule has 0 radical (unpaired) electrons. The number of rotatable bonds is 3. The Balaban J connectivity index is 0.000000595. The average molecular weight is 308 g/mol. The van der Waals surface area contributed by atoms with Gasteiger partial charge in [-0.3, -0.25) is 0 Å². The molecule has 23 heavy (non-hydrogen) atoms. The standard InChI is InChI=1S/C16H16N4.C2H4O/c1-12-6-8-13(9-7-12)14-11-16(17-2)20(19-14)15-5-3-4-10-18-15;1-2-3/h3-11,17H,1-2H3;2H,1H3. The van der Waals surface area contributed by atoms with Crippen molar-refractivity contribution in [1.82, 2.24) is 14.8 Å². The molecule has 118 valence electrons. The Bertz CT molecular complexity index is 748. The number of carbonyl (C=O) groups excluding carboxylic acids is 1. The van der Waals surface area contributed by atoms with E-state index in [4.69, 9.17) is 4.79 Å². The minimum Gasteiger partial charge on any atom is -0.373 e. The zero-order valence-corrected chi connectivity index (χ0v) is 13.5. The van der Waals surface area contributed by atoms with Crippen LogP contribution in [-0.4, -0.2) is 28.1 Å². The summed E-state index contributed by atoms with van der Waals surface area (Å²) in [6.07, 6.45) is 2.52. The van der Waals surface area contributed by atoms with Gasteiger partial charge in [-0.25, -0.2) is 4.98 Å². The van der Waals surface area contributed by atoms with Crippen molar-refractivity contribution in [3.63, 3.8) is 0 Å². The summed E-state index contributed by atoms with van der Waals surface area (Å²) < 4.78 is 1.81. The highest BCUT2D eigenvalue weighted by molar-refractivity contribution is 5.64. The van der Waals surface area contributed by atoms with Crippen LogP contribution in [0.25, 0.3) is 17.1 Å². The van der Waals surface area contributed by atoms with Gasteiger partial charge in [0.15, 0.2) is 5.82 Å². The van der Waals surface area contributed by atoms with Crippen LogP contribution >= 0.6 is 0 Å². The minimum absolute atomic E-state index is 0.750. The highest BCUT2D eigenvalue weighted by Gasteiger charge is 2.10. The third-order valence-electron chi connectivity index (χ3n) is 3.18. The Morgan fingerprint density at radius 2 is 1.83 bits per heavy atom. The molecule has 0 aliphatic rings. The normalized spacial score (nSPS) is 9.70. The summed E-state index contributed by atoms with van der Waals surface area (Å²) in [5, 5.41) is 7.80. The van der Waals surface area contributed by atoms with Gasteiger partial charge in [0.2, 0.25) is 0 Å². The van der Waals surface area contributed by atoms with Gasteiger partial charge in [0.05, 0.1) is 5.69 Å². The monoisotopic (exact) mass is 308 g/mol. The van der Waals surface area contributed by atoms with E-state index in [-0.39, 0.29) is 0 Å². The van der Waals surface area contributed by atoms with Gasteiger partial charge in [-0.2, -0.15) is 9.78 Å². The lowest BCUT2D eigenvalue weighted by Gasteiger charge is -2.04. The highest BCUT2D eigenvalue weighted by Crippen LogP contribution is 2.24. The van der Waals surface area contributed by atoms with E-state index in [9.17, 15) is 0 Å². The smallest absolute Gasteiger partial charge is 0.155 e. The van der Waals surface area contributed by atoms with Gasteiger partial charge < -0.3 is 10.1 Å². The van der Waals surface area contributed by atoms with E-state index in [0.29, 0.717) is 0 Å². The number of nitrogens with one attached hydrogen (secondary N) is 1. The number of aryl methyl sites for hydroxylation is 1. The van der Waals surface area contributed by atoms with Gasteiger partial charge in [-0.15, -0.1) is 0 Å². The second-order valence-corrected chi connectivity index (χ2v) is 4.87. The number of hydrogen-bond donors (Lipinski definition) is 1. The summed E-state index contributed by atoms with van der Waals surface area (Å²) in [5.41, 5.74) is 3.27. The van der Waals surface area contributed by atoms with Gasteiger partial charge in [0, 0.05) is 24.9 Å². The van der Waals surface area contributed by atoms with Crippen LogP contribution < -0.4 is 5.32 Å². The Labute approximate surface area is 136 Å². The van der Waals surface area contributed by atoms with Crippen molar-refractivity contribution in [3.05, 3.63) is 60.3 Å². The quantitative estimate of drug-likeness (QED) is 0.752. The molecular formula is C18H20N4O. The molecule has 3 rings (SSSR count). The molecular weight excluding hydrogens is 288 g/mol. The second kappa shape index (κ2) is 7.89. The van der Waals surface area contributed by atoms with Crippen molar-refractivity contribution in [2.24, 2.45) is 0 Å². The molecule has 0 bridgehead atoms. The van der Waals surface area contributed by atoms with E-state index in [0.717, 1.165) is 29.2 Å². The van der Waals surface area contributed by atoms with Crippen LogP contribution in [0.1, 0.15) is 12.5 Å². The molecule has 0 fully saturated rings. The summed E-state index contributed by atoms with van der Waals surface area (Å²) in [7, 11) is 1.88. The first-order valence-electron chi connectivity index (χ1n) is 7.35. The van der Waals surface area contributed by atoms with Crippen LogP contribution in [0.3, 0.4) is 0 Å². The third kappa shape index (κ3) is 4.03. The highest BCUT2D eigenvalue weighted by atomic mass is 16.1. The molecule has 1 N–H and O–H groups in total. The van der Waals surface area contributed by atoms with Crippen LogP contribution in [0.15, 0.2) is 54.7 Å². The second-order valence-electron chi connectivity index (χ2n) is 4.87. The summed E-state index contributed by atoms with van der Waals surface area (Å²) in [6.45, 7) is 3.52. The van der Waals surface area contributed by atoms with E-state index in [2.05, 4.69) is 46.6 Å². The Kier molecular flexibility index (Phi) is 5.63. The van der Waals surface area contributed by atoms with Crippen LogP contribution in [0.2, 0.25) is 0 Å². The van der Waals surface area contributed by atoms with Crippen LogP contribution in [0.5, 0.6) is 0 Å². The molecule has 2 aromatic heterocycles. The molecule has 0 amide bonds. The van der Waals surface area contributed by atoms with Crippen LogP contribution in [0, 0.1) is 6.92 Å². The molecule has 0 saturated carbocycles. The van der Waals surface area contributed by atoms with Gasteiger partial charge in [0.1, 0.15) is 12.1 Å². The maximum atomic E-state index is 8.81. The predicted molar refractivity (Wildman–Crippen MR) is 92.8 cm³/mol. The number of aldehydes is 1. The lowest BCUT2D eigenvalue weighted by molar-refractivity contribution is -0.106. The maximum absolute atomic E-state index is 8.81. The first kappa shape index (κ1) is 16.4. The zero-order chi connectivity index (χ0) is 16.7. The lowest BCUT2D eigenvalue weighted by atomic mass is 10.1.